The molecule has 0 heterocycles. The van der Waals surface area contributed by atoms with E-state index in [1.807, 2.05) is 19.9 Å². The normalized spacial score (nSPS) is 13.5. The molecule has 10 heavy (non-hydrogen) atoms. The van der Waals surface area contributed by atoms with Gasteiger partial charge in [0.15, 0.2) is 0 Å². The molecule has 0 saturated carbocycles. The van der Waals surface area contributed by atoms with Crippen molar-refractivity contribution in [1.29, 1.82) is 0 Å². The average Bonchev–Trinajstić information content (AvgIpc) is 1.87. The molecule has 0 amide bonds. The number of hydrogen-bond donors (Lipinski definition) is 0. The highest BCUT2D eigenvalue weighted by Crippen LogP contribution is 1.98. The summed E-state index contributed by atoms with van der Waals surface area (Å²) < 4.78 is 0. The van der Waals surface area contributed by atoms with E-state index < -0.39 is 0 Å². The van der Waals surface area contributed by atoms with Crippen LogP contribution in [0.1, 0.15) is 20.3 Å². The molecule has 0 aliphatic carbocycles. The maximum absolute atomic E-state index is 3.77. The number of rotatable bonds is 3. The van der Waals surface area contributed by atoms with Crippen LogP contribution in [0.3, 0.4) is 0 Å². The van der Waals surface area contributed by atoms with E-state index in [4.69, 9.17) is 0 Å². The van der Waals surface area contributed by atoms with E-state index in [1.165, 1.54) is 5.57 Å². The fourth-order valence-corrected chi connectivity index (χ4v) is 0.529. The van der Waals surface area contributed by atoms with Crippen LogP contribution in [0.25, 0.3) is 0 Å². The molecule has 0 fully saturated rings. The van der Waals surface area contributed by atoms with Gasteiger partial charge in [-0.3, -0.25) is 0 Å². The number of allylic oxidation sites excluding steroid dienone is 5. The van der Waals surface area contributed by atoms with Crippen molar-refractivity contribution in [3.8, 4) is 0 Å². The first-order valence-electron chi connectivity index (χ1n) is 3.44. The molecular formula is C10H15. The van der Waals surface area contributed by atoms with E-state index in [2.05, 4.69) is 25.7 Å². The molecule has 0 aliphatic rings. The second-order valence-corrected chi connectivity index (χ2v) is 2.44. The summed E-state index contributed by atoms with van der Waals surface area (Å²) in [6.45, 7) is 11.5. The lowest BCUT2D eigenvalue weighted by Crippen LogP contribution is -1.68. The Morgan fingerprint density at radius 2 is 1.90 bits per heavy atom. The zero-order valence-electron chi connectivity index (χ0n) is 6.85. The topological polar surface area (TPSA) is 0 Å². The van der Waals surface area contributed by atoms with Gasteiger partial charge in [0.2, 0.25) is 0 Å². The van der Waals surface area contributed by atoms with Crippen molar-refractivity contribution in [2.75, 3.05) is 0 Å². The zero-order valence-corrected chi connectivity index (χ0v) is 6.85. The Hall–Kier alpha value is -0.780. The van der Waals surface area contributed by atoms with Gasteiger partial charge >= 0.3 is 0 Å². The highest BCUT2D eigenvalue weighted by atomic mass is 13.8. The molecule has 0 bridgehead atoms. The van der Waals surface area contributed by atoms with Crippen LogP contribution >= 0.6 is 0 Å². The standard InChI is InChI=1S/C10H15/c1-5-10(4)8-6-7-9(2)3/h5,7-8H,1-2,6H2,3-4H3. The van der Waals surface area contributed by atoms with Crippen LogP contribution in [0.2, 0.25) is 0 Å². The first-order valence-corrected chi connectivity index (χ1v) is 3.44. The van der Waals surface area contributed by atoms with E-state index in [-0.39, 0.29) is 0 Å². The molecule has 0 atom stereocenters. The summed E-state index contributed by atoms with van der Waals surface area (Å²) in [5, 5.41) is 0. The average molecular weight is 135 g/mol. The Kier molecular flexibility index (Phi) is 4.65. The minimum absolute atomic E-state index is 0.965. The van der Waals surface area contributed by atoms with Crippen molar-refractivity contribution in [2.24, 2.45) is 0 Å². The lowest BCUT2D eigenvalue weighted by molar-refractivity contribution is 1.29. The molecule has 0 heteroatoms. The molecule has 0 N–H and O–H groups in total. The molecule has 0 rings (SSSR count). The van der Waals surface area contributed by atoms with Gasteiger partial charge in [0.1, 0.15) is 0 Å². The predicted octanol–water partition coefficient (Wildman–Crippen LogP) is 3.29. The van der Waals surface area contributed by atoms with Gasteiger partial charge in [-0.25, -0.2) is 0 Å². The van der Waals surface area contributed by atoms with Crippen LogP contribution in [0.5, 0.6) is 0 Å². The molecule has 0 nitrogen and oxygen atoms in total. The summed E-state index contributed by atoms with van der Waals surface area (Å²) >= 11 is 0. The Balaban J connectivity index is 3.74. The molecule has 55 valence electrons. The van der Waals surface area contributed by atoms with E-state index in [0.29, 0.717) is 0 Å². The second kappa shape index (κ2) is 5.04. The quantitative estimate of drug-likeness (QED) is 0.521. The van der Waals surface area contributed by atoms with Crippen LogP contribution in [0.15, 0.2) is 36.0 Å². The molecule has 0 saturated heterocycles. The lowest BCUT2D eigenvalue weighted by Gasteiger charge is -1.88. The highest BCUT2D eigenvalue weighted by molar-refractivity contribution is 5.15. The third-order valence-corrected chi connectivity index (χ3v) is 1.23. The molecule has 0 aromatic heterocycles. The monoisotopic (exact) mass is 135 g/mol. The number of hydrogen-bond acceptors (Lipinski definition) is 0. The molecule has 0 aliphatic heterocycles. The fraction of sp³-hybridized carbons (Fsp3) is 0.300. The van der Waals surface area contributed by atoms with Gasteiger partial charge in [-0.1, -0.05) is 36.0 Å². The van der Waals surface area contributed by atoms with E-state index >= 15 is 0 Å². The lowest BCUT2D eigenvalue weighted by atomic mass is 10.2. The Morgan fingerprint density at radius 1 is 1.30 bits per heavy atom. The van der Waals surface area contributed by atoms with E-state index in [9.17, 15) is 0 Å². The molecule has 0 aromatic carbocycles. The minimum Gasteiger partial charge on any atom is -0.0988 e. The van der Waals surface area contributed by atoms with Crippen LogP contribution in [0.4, 0.5) is 0 Å². The maximum Gasteiger partial charge on any atom is -0.0161 e. The highest BCUT2D eigenvalue weighted by Gasteiger charge is 1.78. The molecule has 0 aromatic rings. The van der Waals surface area contributed by atoms with Crippen molar-refractivity contribution in [3.63, 3.8) is 0 Å². The summed E-state index contributed by atoms with van der Waals surface area (Å²) in [4.78, 5) is 0. The van der Waals surface area contributed by atoms with Gasteiger partial charge in [0.25, 0.3) is 0 Å². The summed E-state index contributed by atoms with van der Waals surface area (Å²) in [5.74, 6) is 0. The van der Waals surface area contributed by atoms with Crippen LogP contribution in [0, 0.1) is 6.92 Å². The largest absolute Gasteiger partial charge is 0.0988 e. The van der Waals surface area contributed by atoms with E-state index in [0.717, 1.165) is 12.0 Å². The first kappa shape index (κ1) is 9.22. The first-order chi connectivity index (χ1) is 4.66. The molecule has 0 unspecified atom stereocenters. The van der Waals surface area contributed by atoms with Crippen molar-refractivity contribution < 1.29 is 0 Å². The van der Waals surface area contributed by atoms with Gasteiger partial charge in [-0.2, -0.15) is 0 Å². The zero-order chi connectivity index (χ0) is 7.98. The Bertz CT molecular complexity index is 155. The molecule has 1 radical (unpaired) electrons. The van der Waals surface area contributed by atoms with Crippen molar-refractivity contribution in [2.45, 2.75) is 20.3 Å². The van der Waals surface area contributed by atoms with Crippen LogP contribution < -0.4 is 0 Å². The van der Waals surface area contributed by atoms with Crippen molar-refractivity contribution in [3.05, 3.63) is 42.9 Å². The predicted molar refractivity (Wildman–Crippen MR) is 47.7 cm³/mol. The summed E-state index contributed by atoms with van der Waals surface area (Å²) in [6.07, 6.45) is 7.04. The van der Waals surface area contributed by atoms with Crippen LogP contribution in [-0.2, 0) is 0 Å². The summed E-state index contributed by atoms with van der Waals surface area (Å²) in [7, 11) is 0. The van der Waals surface area contributed by atoms with Gasteiger partial charge in [-0.05, 0) is 27.2 Å². The molecule has 0 spiro atoms. The minimum atomic E-state index is 0.965. The second-order valence-electron chi connectivity index (χ2n) is 2.44. The SMILES string of the molecule is [CH2]C(C)=CCC=C(C)C=C. The van der Waals surface area contributed by atoms with Gasteiger partial charge in [-0.15, -0.1) is 0 Å². The summed E-state index contributed by atoms with van der Waals surface area (Å²) in [5.41, 5.74) is 2.34. The Labute approximate surface area is 64.0 Å². The van der Waals surface area contributed by atoms with Gasteiger partial charge in [0, 0.05) is 0 Å². The third-order valence-electron chi connectivity index (χ3n) is 1.23. The van der Waals surface area contributed by atoms with Crippen molar-refractivity contribution >= 4 is 0 Å². The van der Waals surface area contributed by atoms with Crippen LogP contribution in [-0.4, -0.2) is 0 Å². The summed E-state index contributed by atoms with van der Waals surface area (Å²) in [6, 6.07) is 0. The van der Waals surface area contributed by atoms with E-state index in [1.54, 1.807) is 0 Å². The smallest absolute Gasteiger partial charge is 0.0161 e. The third kappa shape index (κ3) is 5.36. The van der Waals surface area contributed by atoms with Gasteiger partial charge in [0.05, 0.1) is 0 Å². The molecular weight excluding hydrogens is 120 g/mol. The Morgan fingerprint density at radius 3 is 2.30 bits per heavy atom. The van der Waals surface area contributed by atoms with Crippen molar-refractivity contribution in [1.82, 2.24) is 0 Å². The van der Waals surface area contributed by atoms with Gasteiger partial charge < -0.3 is 0 Å². The maximum atomic E-state index is 3.77. The fourth-order valence-electron chi connectivity index (χ4n) is 0.529.